The fraction of sp³-hybridized carbons (Fsp3) is 0. The summed E-state index contributed by atoms with van der Waals surface area (Å²) in [5, 5.41) is 7.95. The van der Waals surface area contributed by atoms with Crippen molar-refractivity contribution >= 4 is 37.8 Å². The molecule has 2 atom stereocenters. The van der Waals surface area contributed by atoms with Crippen molar-refractivity contribution < 1.29 is 9.90 Å². The van der Waals surface area contributed by atoms with Crippen molar-refractivity contribution in [2.75, 3.05) is 0 Å². The van der Waals surface area contributed by atoms with Gasteiger partial charge in [0.05, 0.1) is 0 Å². The van der Waals surface area contributed by atoms with Gasteiger partial charge in [-0.1, -0.05) is 0 Å². The van der Waals surface area contributed by atoms with Crippen LogP contribution in [0.5, 0.6) is 0 Å². The van der Waals surface area contributed by atoms with Crippen LogP contribution in [0.2, 0.25) is 0 Å². The van der Waals surface area contributed by atoms with Crippen LogP contribution in [0, 0.1) is 0 Å². The molecule has 0 fully saturated rings. The molecule has 0 aromatic heterocycles. The topological polar surface area (TPSA) is 62.0 Å². The zero-order valence-corrected chi connectivity index (χ0v) is 7.85. The maximum absolute atomic E-state index is 9.67. The number of hydrogen-bond acceptors (Lipinski definition) is 3. The van der Waals surface area contributed by atoms with Crippen LogP contribution in [0.3, 0.4) is 0 Å². The SMILES string of the molecule is O=C(O)[AsH]N=N[AsH2]. The zero-order chi connectivity index (χ0) is 5.70. The molecule has 7 heavy (non-hydrogen) atoms. The van der Waals surface area contributed by atoms with Gasteiger partial charge in [-0.2, -0.15) is 0 Å². The summed E-state index contributed by atoms with van der Waals surface area (Å²) >= 11 is -0.0731. The Morgan fingerprint density at radius 2 is 2.43 bits per heavy atom. The fourth-order valence-electron chi connectivity index (χ4n) is 0.0716. The van der Waals surface area contributed by atoms with Gasteiger partial charge >= 0.3 is 55.8 Å². The molecule has 0 aliphatic carbocycles. The minimum atomic E-state index is -1.16. The second kappa shape index (κ2) is 4.35. The van der Waals surface area contributed by atoms with Crippen molar-refractivity contribution in [1.82, 2.24) is 0 Å². The molecule has 0 heterocycles. The molecule has 4 nitrogen and oxygen atoms in total. The van der Waals surface area contributed by atoms with Crippen molar-refractivity contribution in [3.8, 4) is 0 Å². The van der Waals surface area contributed by atoms with E-state index in [1.54, 1.807) is 0 Å². The Morgan fingerprint density at radius 3 is 2.57 bits per heavy atom. The third-order valence-electron chi connectivity index (χ3n) is 0.203. The summed E-state index contributed by atoms with van der Waals surface area (Å²) in [5.41, 5.74) is 0. The molecule has 0 bridgehead atoms. The van der Waals surface area contributed by atoms with Gasteiger partial charge in [0.1, 0.15) is 0 Å². The van der Waals surface area contributed by atoms with E-state index in [9.17, 15) is 4.79 Å². The number of hydrogen-bond donors (Lipinski definition) is 1. The first kappa shape index (κ1) is 7.19. The Bertz CT molecular complexity index is 91.7. The molecule has 0 spiro atoms. The first-order chi connectivity index (χ1) is 3.27. The van der Waals surface area contributed by atoms with E-state index in [0.29, 0.717) is 0 Å². The monoisotopic (exact) mass is 226 g/mol. The molecule has 1 N–H and O–H groups in total. The Morgan fingerprint density at radius 1 is 1.86 bits per heavy atom. The van der Waals surface area contributed by atoms with Gasteiger partial charge in [-0.15, -0.1) is 0 Å². The molecule has 0 saturated heterocycles. The summed E-state index contributed by atoms with van der Waals surface area (Å²) in [6.07, 6.45) is 0. The summed E-state index contributed by atoms with van der Waals surface area (Å²) in [4.78, 5) is 9.67. The maximum atomic E-state index is 9.67. The molecule has 0 aromatic carbocycles. The van der Waals surface area contributed by atoms with Crippen molar-refractivity contribution in [2.45, 2.75) is 0 Å². The summed E-state index contributed by atoms with van der Waals surface area (Å²) in [6.45, 7) is 0. The van der Waals surface area contributed by atoms with Crippen molar-refractivity contribution in [2.24, 2.45) is 8.06 Å². The number of carboxylic acid groups (broad SMARTS) is 1. The average Bonchev–Trinajstić information content (AvgIpc) is 1.61. The molecule has 2 unspecified atom stereocenters. The summed E-state index contributed by atoms with van der Waals surface area (Å²) in [5.74, 6) is 0. The Kier molecular flexibility index (Phi) is 4.46. The molecule has 0 amide bonds. The van der Waals surface area contributed by atoms with Crippen LogP contribution >= 0.6 is 0 Å². The van der Waals surface area contributed by atoms with Crippen LogP contribution in [0.4, 0.5) is 4.79 Å². The van der Waals surface area contributed by atoms with Crippen molar-refractivity contribution in [3.05, 3.63) is 0 Å². The summed E-state index contributed by atoms with van der Waals surface area (Å²) in [7, 11) is 0. The van der Waals surface area contributed by atoms with Crippen molar-refractivity contribution in [1.29, 1.82) is 0 Å². The predicted molar refractivity (Wildman–Crippen MR) is 28.6 cm³/mol. The van der Waals surface area contributed by atoms with E-state index >= 15 is 0 Å². The molecule has 0 radical (unpaired) electrons. The quantitative estimate of drug-likeness (QED) is 0.485. The van der Waals surface area contributed by atoms with Crippen molar-refractivity contribution in [3.63, 3.8) is 0 Å². The average molecular weight is 226 g/mol. The van der Waals surface area contributed by atoms with Gasteiger partial charge in [0, 0.05) is 0 Å². The van der Waals surface area contributed by atoms with Gasteiger partial charge in [0.25, 0.3) is 0 Å². The van der Waals surface area contributed by atoms with Gasteiger partial charge in [0.15, 0.2) is 0 Å². The third kappa shape index (κ3) is 6.19. The second-order valence-corrected chi connectivity index (χ2v) is 2.90. The van der Waals surface area contributed by atoms with Crippen LogP contribution in [0.25, 0.3) is 0 Å². The molecule has 0 aliphatic rings. The van der Waals surface area contributed by atoms with Gasteiger partial charge in [-0.25, -0.2) is 0 Å². The van der Waals surface area contributed by atoms with Gasteiger partial charge in [-0.3, -0.25) is 0 Å². The predicted octanol–water partition coefficient (Wildman–Crippen LogP) is -0.984. The fourth-order valence-corrected chi connectivity index (χ4v) is 1.00. The normalized spacial score (nSPS) is 11.6. The molecule has 0 saturated carbocycles. The van der Waals surface area contributed by atoms with Crippen LogP contribution in [0.15, 0.2) is 8.06 Å². The molecule has 0 aliphatic heterocycles. The molecule has 40 valence electrons. The van der Waals surface area contributed by atoms with Gasteiger partial charge in [0.2, 0.25) is 0 Å². The van der Waals surface area contributed by atoms with E-state index in [-0.39, 0.29) is 0 Å². The first-order valence-electron chi connectivity index (χ1n) is 1.36. The van der Waals surface area contributed by atoms with E-state index < -0.39 is 20.7 Å². The summed E-state index contributed by atoms with van der Waals surface area (Å²) in [6, 6.07) is 0. The molecule has 0 aromatic rings. The Hall–Kier alpha value is 0.187. The van der Waals surface area contributed by atoms with E-state index in [1.807, 2.05) is 0 Å². The first-order valence-corrected chi connectivity index (χ1v) is 4.43. The van der Waals surface area contributed by atoms with E-state index in [4.69, 9.17) is 5.11 Å². The number of nitrogens with zero attached hydrogens (tertiary/aromatic N) is 2. The van der Waals surface area contributed by atoms with E-state index in [2.05, 4.69) is 8.06 Å². The van der Waals surface area contributed by atoms with Crippen LogP contribution in [-0.4, -0.2) is 42.9 Å². The molecule has 6 heteroatoms. The Balaban J connectivity index is 3.14. The van der Waals surface area contributed by atoms with Crippen LogP contribution in [0.1, 0.15) is 0 Å². The van der Waals surface area contributed by atoms with Crippen LogP contribution in [-0.2, 0) is 0 Å². The standard InChI is InChI=1S/CH4As2N2O2/c2-4-5-3-1(6)7/h3H,2H2,(H,6,7). The Labute approximate surface area is 56.0 Å². The third-order valence-corrected chi connectivity index (χ3v) is 2.32. The molecular formula is CH4As2N2O2. The zero-order valence-electron chi connectivity index (χ0n) is 3.33. The molecule has 0 rings (SSSR count). The number of carbonyl (C=O) groups is 1. The van der Waals surface area contributed by atoms with Gasteiger partial charge in [-0.05, 0) is 0 Å². The molecular weight excluding hydrogens is 222 g/mol. The minimum absolute atomic E-state index is 0.818. The van der Waals surface area contributed by atoms with Crippen LogP contribution < -0.4 is 0 Å². The second-order valence-electron chi connectivity index (χ2n) is 0.632. The summed E-state index contributed by atoms with van der Waals surface area (Å²) < 4.78 is 5.87. The van der Waals surface area contributed by atoms with Gasteiger partial charge < -0.3 is 0 Å². The number of rotatable bonds is 2. The van der Waals surface area contributed by atoms with E-state index in [1.165, 1.54) is 0 Å². The van der Waals surface area contributed by atoms with E-state index in [0.717, 1.165) is 17.1 Å².